The lowest BCUT2D eigenvalue weighted by Crippen LogP contribution is -1.89. The Kier molecular flexibility index (Phi) is 3.20. The summed E-state index contributed by atoms with van der Waals surface area (Å²) in [6.07, 6.45) is 7.08. The number of aromatic nitrogens is 1. The maximum Gasteiger partial charge on any atom is 0.0449 e. The lowest BCUT2D eigenvalue weighted by atomic mass is 10.1. The van der Waals surface area contributed by atoms with E-state index >= 15 is 0 Å². The van der Waals surface area contributed by atoms with Crippen LogP contribution < -0.4 is 5.41 Å². The summed E-state index contributed by atoms with van der Waals surface area (Å²) in [5, 5.41) is 8.71. The second-order valence-electron chi connectivity index (χ2n) is 3.93. The van der Waals surface area contributed by atoms with Crippen molar-refractivity contribution in [2.45, 2.75) is 19.8 Å². The molecule has 0 saturated carbocycles. The van der Waals surface area contributed by atoms with Crippen LogP contribution >= 0.6 is 0 Å². The summed E-state index contributed by atoms with van der Waals surface area (Å²) >= 11 is 0. The molecular weight excluding hydrogens is 196 g/mol. The summed E-state index contributed by atoms with van der Waals surface area (Å²) in [5.74, 6) is 0. The molecule has 0 N–H and O–H groups in total. The van der Waals surface area contributed by atoms with Crippen LogP contribution in [0, 0.1) is 6.92 Å². The molecule has 16 heavy (non-hydrogen) atoms. The van der Waals surface area contributed by atoms with Crippen molar-refractivity contribution in [2.24, 2.45) is 0 Å². The quantitative estimate of drug-likeness (QED) is 0.695. The van der Waals surface area contributed by atoms with Gasteiger partial charge in [-0.3, -0.25) is 0 Å². The largest absolute Gasteiger partial charge is 0.323 e. The number of nitrogens with zero attached hydrogens (tertiary/aromatic N) is 2. The molecule has 0 fully saturated rings. The summed E-state index contributed by atoms with van der Waals surface area (Å²) < 4.78 is 2.13. The summed E-state index contributed by atoms with van der Waals surface area (Å²) in [5.41, 5.74) is 3.73. The molecular formula is C14H15N2. The van der Waals surface area contributed by atoms with Gasteiger partial charge in [0.05, 0.1) is 0 Å². The third-order valence-electron chi connectivity index (χ3n) is 2.73. The Morgan fingerprint density at radius 1 is 1.19 bits per heavy atom. The molecule has 0 amide bonds. The molecule has 81 valence electrons. The molecule has 1 aromatic heterocycles. The second kappa shape index (κ2) is 4.79. The standard InChI is InChI=1S/C14H15N2/c1-12-10-16(11-13(12)6-5-9-15)14-7-3-2-4-8-14/h2-4,7-11H,5-6H2,1H3. The fourth-order valence-electron chi connectivity index (χ4n) is 1.83. The van der Waals surface area contributed by atoms with E-state index in [-0.39, 0.29) is 0 Å². The van der Waals surface area contributed by atoms with Crippen molar-refractivity contribution in [2.75, 3.05) is 0 Å². The maximum atomic E-state index is 8.71. The third kappa shape index (κ3) is 2.22. The zero-order valence-electron chi connectivity index (χ0n) is 9.43. The molecule has 1 heterocycles. The van der Waals surface area contributed by atoms with Gasteiger partial charge >= 0.3 is 0 Å². The number of hydrogen-bond donors (Lipinski definition) is 0. The normalized spacial score (nSPS) is 10.3. The highest BCUT2D eigenvalue weighted by Crippen LogP contribution is 2.16. The third-order valence-corrected chi connectivity index (χ3v) is 2.73. The van der Waals surface area contributed by atoms with Crippen LogP contribution in [0.15, 0.2) is 42.7 Å². The Labute approximate surface area is 96.1 Å². The van der Waals surface area contributed by atoms with Crippen LogP contribution in [0.2, 0.25) is 0 Å². The topological polar surface area (TPSA) is 27.2 Å². The minimum Gasteiger partial charge on any atom is -0.323 e. The fourth-order valence-corrected chi connectivity index (χ4v) is 1.83. The predicted molar refractivity (Wildman–Crippen MR) is 67.0 cm³/mol. The summed E-state index contributed by atoms with van der Waals surface area (Å²) in [7, 11) is 0. The molecule has 0 aliphatic carbocycles. The van der Waals surface area contributed by atoms with Gasteiger partial charge in [0.25, 0.3) is 0 Å². The number of aryl methyl sites for hydroxylation is 2. The molecule has 0 aliphatic rings. The smallest absolute Gasteiger partial charge is 0.0449 e. The van der Waals surface area contributed by atoms with Crippen LogP contribution in [0.3, 0.4) is 0 Å². The van der Waals surface area contributed by atoms with Crippen molar-refractivity contribution in [1.82, 2.24) is 9.98 Å². The highest BCUT2D eigenvalue weighted by molar-refractivity contribution is 5.54. The number of hydrogen-bond acceptors (Lipinski definition) is 0. The van der Waals surface area contributed by atoms with Crippen molar-refractivity contribution in [3.8, 4) is 5.69 Å². The van der Waals surface area contributed by atoms with Crippen molar-refractivity contribution >= 4 is 6.21 Å². The zero-order valence-corrected chi connectivity index (χ0v) is 9.43. The van der Waals surface area contributed by atoms with Gasteiger partial charge in [-0.1, -0.05) is 18.2 Å². The Hall–Kier alpha value is -1.83. The minimum atomic E-state index is 0.708. The van der Waals surface area contributed by atoms with Crippen molar-refractivity contribution in [3.05, 3.63) is 53.9 Å². The van der Waals surface area contributed by atoms with Gasteiger partial charge in [-0.25, -0.2) is 0 Å². The minimum absolute atomic E-state index is 0.708. The van der Waals surface area contributed by atoms with E-state index in [1.807, 2.05) is 18.2 Å². The second-order valence-corrected chi connectivity index (χ2v) is 3.93. The van der Waals surface area contributed by atoms with E-state index in [0.717, 1.165) is 6.42 Å². The first kappa shape index (κ1) is 10.7. The van der Waals surface area contributed by atoms with Crippen LogP contribution in [0.4, 0.5) is 0 Å². The lowest BCUT2D eigenvalue weighted by Gasteiger charge is -2.00. The van der Waals surface area contributed by atoms with Crippen LogP contribution in [-0.2, 0) is 6.42 Å². The van der Waals surface area contributed by atoms with Gasteiger partial charge in [-0.2, -0.15) is 5.41 Å². The molecule has 2 nitrogen and oxygen atoms in total. The molecule has 0 saturated heterocycles. The van der Waals surface area contributed by atoms with Gasteiger partial charge in [-0.15, -0.1) is 0 Å². The Bertz CT molecular complexity index is 469. The average molecular weight is 211 g/mol. The van der Waals surface area contributed by atoms with Crippen molar-refractivity contribution in [3.63, 3.8) is 0 Å². The van der Waals surface area contributed by atoms with Crippen LogP contribution in [0.1, 0.15) is 17.5 Å². The monoisotopic (exact) mass is 211 g/mol. The molecule has 2 aromatic rings. The molecule has 2 heteroatoms. The molecule has 0 atom stereocenters. The Morgan fingerprint density at radius 3 is 2.62 bits per heavy atom. The number of rotatable bonds is 4. The Balaban J connectivity index is 2.27. The van der Waals surface area contributed by atoms with Crippen molar-refractivity contribution in [1.29, 1.82) is 0 Å². The highest BCUT2D eigenvalue weighted by Gasteiger charge is 2.03. The fraction of sp³-hybridized carbons (Fsp3) is 0.214. The van der Waals surface area contributed by atoms with Gasteiger partial charge in [-0.05, 0) is 43.0 Å². The van der Waals surface area contributed by atoms with E-state index in [4.69, 9.17) is 5.41 Å². The lowest BCUT2D eigenvalue weighted by molar-refractivity contribution is 1.02. The molecule has 1 radical (unpaired) electrons. The molecule has 1 aromatic carbocycles. The van der Waals surface area contributed by atoms with Crippen LogP contribution in [0.5, 0.6) is 0 Å². The molecule has 0 aliphatic heterocycles. The maximum absolute atomic E-state index is 8.71. The molecule has 2 rings (SSSR count). The van der Waals surface area contributed by atoms with Gasteiger partial charge < -0.3 is 4.57 Å². The van der Waals surface area contributed by atoms with Gasteiger partial charge in [0.15, 0.2) is 0 Å². The highest BCUT2D eigenvalue weighted by atomic mass is 14.9. The van der Waals surface area contributed by atoms with E-state index in [1.165, 1.54) is 23.0 Å². The summed E-state index contributed by atoms with van der Waals surface area (Å²) in [6, 6.07) is 10.3. The molecule has 0 bridgehead atoms. The first-order valence-corrected chi connectivity index (χ1v) is 5.50. The van der Waals surface area contributed by atoms with Crippen LogP contribution in [-0.4, -0.2) is 10.8 Å². The SMILES string of the molecule is Cc1cn(-c2ccccc2)cc1CCC=[N]. The predicted octanol–water partition coefficient (Wildman–Crippen LogP) is 2.59. The number of para-hydroxylation sites is 1. The first-order valence-electron chi connectivity index (χ1n) is 5.50. The van der Waals surface area contributed by atoms with E-state index in [9.17, 15) is 0 Å². The van der Waals surface area contributed by atoms with Gasteiger partial charge in [0.1, 0.15) is 0 Å². The molecule has 0 unspecified atom stereocenters. The Morgan fingerprint density at radius 2 is 1.94 bits per heavy atom. The number of benzene rings is 1. The summed E-state index contributed by atoms with van der Waals surface area (Å²) in [6.45, 7) is 2.10. The van der Waals surface area contributed by atoms with Crippen molar-refractivity contribution < 1.29 is 0 Å². The van der Waals surface area contributed by atoms with Crippen LogP contribution in [0.25, 0.3) is 5.69 Å². The van der Waals surface area contributed by atoms with Gasteiger partial charge in [0, 0.05) is 24.3 Å². The molecule has 0 spiro atoms. The summed E-state index contributed by atoms with van der Waals surface area (Å²) in [4.78, 5) is 0. The van der Waals surface area contributed by atoms with E-state index in [1.54, 1.807) is 0 Å². The first-order chi connectivity index (χ1) is 7.81. The van der Waals surface area contributed by atoms with Gasteiger partial charge in [0.2, 0.25) is 0 Å². The van der Waals surface area contributed by atoms with E-state index < -0.39 is 0 Å². The average Bonchev–Trinajstić information content (AvgIpc) is 2.69. The van der Waals surface area contributed by atoms with E-state index in [0.29, 0.717) is 6.42 Å². The van der Waals surface area contributed by atoms with E-state index in [2.05, 4.69) is 36.0 Å². The zero-order chi connectivity index (χ0) is 11.4.